The van der Waals surface area contributed by atoms with Crippen LogP contribution in [0.2, 0.25) is 0 Å². The number of fused-ring (bicyclic) bond motifs is 2. The van der Waals surface area contributed by atoms with E-state index >= 15 is 0 Å². The van der Waals surface area contributed by atoms with E-state index in [1.807, 2.05) is 27.7 Å². The highest BCUT2D eigenvalue weighted by molar-refractivity contribution is 6.20. The number of hydroxylamine groups is 2. The van der Waals surface area contributed by atoms with Crippen molar-refractivity contribution in [1.29, 1.82) is 0 Å². The Labute approximate surface area is 174 Å². The van der Waals surface area contributed by atoms with E-state index in [0.717, 1.165) is 5.06 Å². The third-order valence-electron chi connectivity index (χ3n) is 5.77. The summed E-state index contributed by atoms with van der Waals surface area (Å²) in [5.41, 5.74) is 0.658. The predicted molar refractivity (Wildman–Crippen MR) is 100.0 cm³/mol. The van der Waals surface area contributed by atoms with Crippen LogP contribution in [0.15, 0.2) is 24.3 Å². The second-order valence-electron chi connectivity index (χ2n) is 8.85. The van der Waals surface area contributed by atoms with Crippen LogP contribution in [0.4, 0.5) is 0 Å². The average Bonchev–Trinajstić information content (AvgIpc) is 3.35. The van der Waals surface area contributed by atoms with Gasteiger partial charge in [0, 0.05) is 5.92 Å². The lowest BCUT2D eigenvalue weighted by Crippen LogP contribution is -2.43. The Hall–Kier alpha value is -1.88. The number of hydrogen-bond acceptors (Lipinski definition) is 8. The standard InChI is InChI=1S/C21H25NO8/c1-20(2)25-10-14(28-20)15-13(16-19(27-15)30-21(3,4)29-16)9-26-22-17(23)11-7-5-6-8-12(11)18(22)24/h5-8,13-16,19H,9-10H2,1-4H3/t13-,14-,15+,16-,19-/m1/s1. The van der Waals surface area contributed by atoms with Gasteiger partial charge in [0.1, 0.15) is 12.2 Å². The lowest BCUT2D eigenvalue weighted by atomic mass is 9.95. The molecule has 2 amide bonds. The number of benzene rings is 1. The maximum Gasteiger partial charge on any atom is 0.285 e. The zero-order chi connectivity index (χ0) is 21.3. The van der Waals surface area contributed by atoms with E-state index in [0.29, 0.717) is 17.7 Å². The Kier molecular flexibility index (Phi) is 4.55. The maximum absolute atomic E-state index is 12.6. The molecular weight excluding hydrogens is 394 g/mol. The van der Waals surface area contributed by atoms with Crippen molar-refractivity contribution in [2.75, 3.05) is 13.2 Å². The SMILES string of the molecule is CC1(C)O[C@H]2O[C@H]([C@H]3COC(C)(C)O3)[C@@H](CON3C(=O)c4ccccc4C3=O)[C@H]2O1. The number of hydrogen-bond donors (Lipinski definition) is 0. The Balaban J connectivity index is 1.34. The van der Waals surface area contributed by atoms with Gasteiger partial charge in [0.05, 0.1) is 30.4 Å². The minimum Gasteiger partial charge on any atom is -0.348 e. The molecule has 5 atom stereocenters. The summed E-state index contributed by atoms with van der Waals surface area (Å²) >= 11 is 0. The van der Waals surface area contributed by atoms with Crippen LogP contribution in [0.5, 0.6) is 0 Å². The molecule has 30 heavy (non-hydrogen) atoms. The number of amides is 2. The van der Waals surface area contributed by atoms with Gasteiger partial charge in [-0.3, -0.25) is 14.4 Å². The van der Waals surface area contributed by atoms with E-state index in [2.05, 4.69) is 0 Å². The molecule has 0 aliphatic carbocycles. The van der Waals surface area contributed by atoms with Gasteiger partial charge in [0.2, 0.25) is 0 Å². The van der Waals surface area contributed by atoms with Crippen LogP contribution < -0.4 is 0 Å². The van der Waals surface area contributed by atoms with Crippen molar-refractivity contribution in [2.24, 2.45) is 5.92 Å². The molecule has 0 unspecified atom stereocenters. The first kappa shape index (κ1) is 20.0. The summed E-state index contributed by atoms with van der Waals surface area (Å²) in [6, 6.07) is 6.64. The smallest absolute Gasteiger partial charge is 0.285 e. The van der Waals surface area contributed by atoms with Crippen LogP contribution in [-0.4, -0.2) is 66.3 Å². The van der Waals surface area contributed by atoms with Crippen molar-refractivity contribution in [1.82, 2.24) is 5.06 Å². The van der Waals surface area contributed by atoms with E-state index in [1.165, 1.54) is 0 Å². The van der Waals surface area contributed by atoms with Gasteiger partial charge in [-0.15, -0.1) is 5.06 Å². The molecule has 1 aromatic carbocycles. The minimum absolute atomic E-state index is 0.0248. The van der Waals surface area contributed by atoms with Crippen LogP contribution in [0.1, 0.15) is 48.4 Å². The van der Waals surface area contributed by atoms with Gasteiger partial charge < -0.3 is 23.7 Å². The van der Waals surface area contributed by atoms with Crippen molar-refractivity contribution < 1.29 is 38.1 Å². The van der Waals surface area contributed by atoms with Gasteiger partial charge in [-0.25, -0.2) is 0 Å². The van der Waals surface area contributed by atoms with Crippen LogP contribution >= 0.6 is 0 Å². The molecule has 0 saturated carbocycles. The van der Waals surface area contributed by atoms with Gasteiger partial charge in [-0.2, -0.15) is 0 Å². The fourth-order valence-electron chi connectivity index (χ4n) is 4.47. The fraction of sp³-hybridized carbons (Fsp3) is 0.619. The van der Waals surface area contributed by atoms with Crippen LogP contribution in [0.25, 0.3) is 0 Å². The summed E-state index contributed by atoms with van der Waals surface area (Å²) in [6.07, 6.45) is -1.80. The molecule has 9 heteroatoms. The van der Waals surface area contributed by atoms with E-state index in [-0.39, 0.29) is 18.6 Å². The first-order chi connectivity index (χ1) is 14.2. The number of carbonyl (C=O) groups excluding carboxylic acids is 2. The molecule has 4 heterocycles. The lowest BCUT2D eigenvalue weighted by molar-refractivity contribution is -0.232. The zero-order valence-electron chi connectivity index (χ0n) is 17.3. The first-order valence-electron chi connectivity index (χ1n) is 10.1. The monoisotopic (exact) mass is 419 g/mol. The predicted octanol–water partition coefficient (Wildman–Crippen LogP) is 1.86. The Bertz CT molecular complexity index is 849. The Morgan fingerprint density at radius 2 is 1.63 bits per heavy atom. The third kappa shape index (κ3) is 3.26. The molecule has 4 aliphatic heterocycles. The van der Waals surface area contributed by atoms with Gasteiger partial charge in [0.15, 0.2) is 17.9 Å². The summed E-state index contributed by atoms with van der Waals surface area (Å²) in [7, 11) is 0. The largest absolute Gasteiger partial charge is 0.348 e. The van der Waals surface area contributed by atoms with Gasteiger partial charge in [-0.05, 0) is 39.8 Å². The van der Waals surface area contributed by atoms with E-state index < -0.39 is 41.9 Å². The molecule has 0 N–H and O–H groups in total. The van der Waals surface area contributed by atoms with E-state index in [9.17, 15) is 9.59 Å². The summed E-state index contributed by atoms with van der Waals surface area (Å²) in [5, 5.41) is 0.811. The van der Waals surface area contributed by atoms with Crippen molar-refractivity contribution >= 4 is 11.8 Å². The number of ether oxygens (including phenoxy) is 5. The highest BCUT2D eigenvalue weighted by Crippen LogP contribution is 2.44. The summed E-state index contributed by atoms with van der Waals surface area (Å²) in [4.78, 5) is 31.0. The molecule has 0 spiro atoms. The van der Waals surface area contributed by atoms with Gasteiger partial charge in [-0.1, -0.05) is 12.1 Å². The van der Waals surface area contributed by atoms with Crippen molar-refractivity contribution in [2.45, 2.75) is 63.9 Å². The lowest BCUT2D eigenvalue weighted by Gasteiger charge is -2.29. The molecule has 3 saturated heterocycles. The molecular formula is C21H25NO8. The normalized spacial score (nSPS) is 36.4. The molecule has 9 nitrogen and oxygen atoms in total. The Morgan fingerprint density at radius 1 is 0.967 bits per heavy atom. The molecule has 0 radical (unpaired) electrons. The molecule has 162 valence electrons. The van der Waals surface area contributed by atoms with E-state index in [4.69, 9.17) is 28.5 Å². The molecule has 3 fully saturated rings. The number of carbonyl (C=O) groups is 2. The van der Waals surface area contributed by atoms with Crippen molar-refractivity contribution in [3.05, 3.63) is 35.4 Å². The zero-order valence-corrected chi connectivity index (χ0v) is 17.3. The van der Waals surface area contributed by atoms with Crippen LogP contribution in [0, 0.1) is 5.92 Å². The Morgan fingerprint density at radius 3 is 2.23 bits per heavy atom. The van der Waals surface area contributed by atoms with Crippen LogP contribution in [0.3, 0.4) is 0 Å². The first-order valence-corrected chi connectivity index (χ1v) is 10.1. The van der Waals surface area contributed by atoms with Crippen LogP contribution in [-0.2, 0) is 28.5 Å². The minimum atomic E-state index is -0.805. The quantitative estimate of drug-likeness (QED) is 0.683. The van der Waals surface area contributed by atoms with Crippen molar-refractivity contribution in [3.8, 4) is 0 Å². The fourth-order valence-corrected chi connectivity index (χ4v) is 4.47. The third-order valence-corrected chi connectivity index (χ3v) is 5.77. The van der Waals surface area contributed by atoms with Gasteiger partial charge in [0.25, 0.3) is 11.8 Å². The molecule has 0 bridgehead atoms. The highest BCUT2D eigenvalue weighted by Gasteiger charge is 2.58. The molecule has 4 aliphatic rings. The second-order valence-corrected chi connectivity index (χ2v) is 8.85. The highest BCUT2D eigenvalue weighted by atomic mass is 16.8. The topological polar surface area (TPSA) is 92.8 Å². The second kappa shape index (κ2) is 6.81. The maximum atomic E-state index is 12.6. The number of rotatable bonds is 4. The summed E-state index contributed by atoms with van der Waals surface area (Å²) in [5.74, 6) is -2.81. The number of nitrogens with zero attached hydrogens (tertiary/aromatic N) is 1. The van der Waals surface area contributed by atoms with Gasteiger partial charge >= 0.3 is 0 Å². The molecule has 0 aromatic heterocycles. The summed E-state index contributed by atoms with van der Waals surface area (Å²) < 4.78 is 29.7. The van der Waals surface area contributed by atoms with E-state index in [1.54, 1.807) is 24.3 Å². The average molecular weight is 419 g/mol. The van der Waals surface area contributed by atoms with Crippen molar-refractivity contribution in [3.63, 3.8) is 0 Å². The molecule has 5 rings (SSSR count). The number of imide groups is 1. The summed E-state index contributed by atoms with van der Waals surface area (Å²) in [6.45, 7) is 7.67. The molecule has 1 aromatic rings.